The molecular weight excluding hydrogens is 1120 g/mol. The van der Waals surface area contributed by atoms with Crippen LogP contribution in [0.2, 0.25) is 0 Å². The summed E-state index contributed by atoms with van der Waals surface area (Å²) in [4.78, 5) is 0. The SMILES string of the molecule is CC(C)(C)c1cc(-c2c3cc4c(cc3c(-c3cc(C(C)(C)C)cc(C(C)(C)I)c3)c3c5ccc6c7ccc8c9c(ccc(c%10ccc(c23)c5c%106)c97)-c2ccccc2-8)c2cccc3c(-c5ccccc5C(C)(C)C)ccc4c32)cc(C(C)(C)C)c1. The van der Waals surface area contributed by atoms with Crippen LogP contribution in [0.5, 0.6) is 0 Å². The average Bonchev–Trinajstić information content (AvgIpc) is 1.53. The highest BCUT2D eigenvalue weighted by Gasteiger charge is 2.33. The van der Waals surface area contributed by atoms with Crippen LogP contribution in [0.25, 0.3) is 163 Å². The van der Waals surface area contributed by atoms with Gasteiger partial charge in [0.05, 0.1) is 0 Å². The van der Waals surface area contributed by atoms with Gasteiger partial charge in [0.25, 0.3) is 0 Å². The van der Waals surface area contributed by atoms with Gasteiger partial charge < -0.3 is 0 Å². The van der Waals surface area contributed by atoms with Crippen LogP contribution in [0.1, 0.15) is 125 Å². The first-order chi connectivity index (χ1) is 39.8. The zero-order valence-electron chi connectivity index (χ0n) is 51.1. The third-order valence-electron chi connectivity index (χ3n) is 19.8. The van der Waals surface area contributed by atoms with Crippen molar-refractivity contribution in [3.8, 4) is 55.6 Å². The molecule has 0 nitrogen and oxygen atoms in total. The van der Waals surface area contributed by atoms with E-state index in [4.69, 9.17) is 0 Å². The zero-order chi connectivity index (χ0) is 58.2. The fourth-order valence-electron chi connectivity index (χ4n) is 15.5. The molecule has 0 heterocycles. The lowest BCUT2D eigenvalue weighted by Crippen LogP contribution is -2.16. The molecule has 1 heteroatoms. The number of fused-ring (bicyclic) bond motifs is 12. The van der Waals surface area contributed by atoms with Crippen molar-refractivity contribution in [1.82, 2.24) is 0 Å². The Hall–Kier alpha value is -7.59. The minimum Gasteiger partial charge on any atom is -0.0743 e. The number of alkyl halides is 1. The molecule has 0 unspecified atom stereocenters. The Morgan fingerprint density at radius 2 is 0.595 bits per heavy atom. The largest absolute Gasteiger partial charge is 0.0743 e. The Balaban J connectivity index is 1.14. The summed E-state index contributed by atoms with van der Waals surface area (Å²) in [6, 6.07) is 70.4. The first-order valence-corrected chi connectivity index (χ1v) is 31.6. The molecule has 15 aromatic carbocycles. The molecule has 1 aliphatic carbocycles. The molecule has 410 valence electrons. The lowest BCUT2D eigenvalue weighted by atomic mass is 9.77. The number of rotatable bonds is 4. The van der Waals surface area contributed by atoms with Crippen molar-refractivity contribution in [2.24, 2.45) is 0 Å². The summed E-state index contributed by atoms with van der Waals surface area (Å²) in [5.41, 5.74) is 19.7. The van der Waals surface area contributed by atoms with Gasteiger partial charge in [0, 0.05) is 3.42 Å². The van der Waals surface area contributed by atoms with E-state index in [0.717, 1.165) is 0 Å². The molecule has 0 aromatic heterocycles. The Bertz CT molecular complexity index is 5030. The number of halogens is 1. The molecule has 0 fully saturated rings. The van der Waals surface area contributed by atoms with Crippen LogP contribution in [0, 0.1) is 0 Å². The molecule has 0 N–H and O–H groups in total. The van der Waals surface area contributed by atoms with Gasteiger partial charge in [-0.2, -0.15) is 0 Å². The number of hydrogen-bond donors (Lipinski definition) is 0. The van der Waals surface area contributed by atoms with Crippen LogP contribution >= 0.6 is 22.6 Å². The average molecular weight is 1200 g/mol. The minimum absolute atomic E-state index is 0.0174. The molecular formula is C83H71I. The predicted octanol–water partition coefficient (Wildman–Crippen LogP) is 25.0. The molecule has 0 saturated heterocycles. The molecule has 1 aliphatic rings. The van der Waals surface area contributed by atoms with E-state index in [0.29, 0.717) is 0 Å². The highest BCUT2D eigenvalue weighted by atomic mass is 127. The lowest BCUT2D eigenvalue weighted by molar-refractivity contribution is 0.569. The van der Waals surface area contributed by atoms with Crippen molar-refractivity contribution in [3.63, 3.8) is 0 Å². The molecule has 84 heavy (non-hydrogen) atoms. The molecule has 15 aromatic rings. The summed E-state index contributed by atoms with van der Waals surface area (Å²) in [7, 11) is 0. The molecule has 0 saturated carbocycles. The first kappa shape index (κ1) is 52.0. The molecule has 16 rings (SSSR count). The van der Waals surface area contributed by atoms with E-state index in [1.165, 1.54) is 191 Å². The van der Waals surface area contributed by atoms with E-state index in [1.807, 2.05) is 0 Å². The molecule has 0 radical (unpaired) electrons. The van der Waals surface area contributed by atoms with Crippen molar-refractivity contribution in [2.75, 3.05) is 0 Å². The lowest BCUT2D eigenvalue weighted by Gasteiger charge is -2.28. The van der Waals surface area contributed by atoms with Crippen molar-refractivity contribution >= 4 is 130 Å². The van der Waals surface area contributed by atoms with Crippen molar-refractivity contribution < 1.29 is 0 Å². The summed E-state index contributed by atoms with van der Waals surface area (Å²) in [5.74, 6) is 0. The highest BCUT2D eigenvalue weighted by molar-refractivity contribution is 14.1. The fourth-order valence-corrected chi connectivity index (χ4v) is 15.8. The van der Waals surface area contributed by atoms with Gasteiger partial charge >= 0.3 is 0 Å². The van der Waals surface area contributed by atoms with Gasteiger partial charge in [-0.05, 0) is 245 Å². The third-order valence-corrected chi connectivity index (χ3v) is 20.4. The normalized spacial score (nSPS) is 13.7. The van der Waals surface area contributed by atoms with E-state index in [9.17, 15) is 0 Å². The van der Waals surface area contributed by atoms with E-state index in [2.05, 4.69) is 295 Å². The van der Waals surface area contributed by atoms with Crippen molar-refractivity contribution in [1.29, 1.82) is 0 Å². The van der Waals surface area contributed by atoms with E-state index in [1.54, 1.807) is 0 Å². The van der Waals surface area contributed by atoms with E-state index >= 15 is 0 Å². The van der Waals surface area contributed by atoms with Gasteiger partial charge in [-0.3, -0.25) is 0 Å². The van der Waals surface area contributed by atoms with Crippen molar-refractivity contribution in [3.05, 3.63) is 204 Å². The molecule has 0 bridgehead atoms. The van der Waals surface area contributed by atoms with Gasteiger partial charge in [0.1, 0.15) is 0 Å². The Morgan fingerprint density at radius 1 is 0.226 bits per heavy atom. The van der Waals surface area contributed by atoms with Gasteiger partial charge in [-0.15, -0.1) is 0 Å². The second kappa shape index (κ2) is 17.1. The summed E-state index contributed by atoms with van der Waals surface area (Å²) < 4.78 is -0.119. The van der Waals surface area contributed by atoms with E-state index in [-0.39, 0.29) is 25.1 Å². The molecule has 0 atom stereocenters. The molecule has 0 spiro atoms. The van der Waals surface area contributed by atoms with Crippen LogP contribution < -0.4 is 0 Å². The monoisotopic (exact) mass is 1190 g/mol. The summed E-state index contributed by atoms with van der Waals surface area (Å²) >= 11 is 2.68. The zero-order valence-corrected chi connectivity index (χ0v) is 53.3. The Kier molecular flexibility index (Phi) is 10.6. The van der Waals surface area contributed by atoms with Crippen LogP contribution in [0.3, 0.4) is 0 Å². The van der Waals surface area contributed by atoms with Crippen LogP contribution in [0.15, 0.2) is 176 Å². The third kappa shape index (κ3) is 7.24. The molecule has 0 amide bonds. The fraction of sp³-hybridized carbons (Fsp3) is 0.229. The Labute approximate surface area is 508 Å². The quantitative estimate of drug-likeness (QED) is 0.0713. The highest BCUT2D eigenvalue weighted by Crippen LogP contribution is 2.58. The molecule has 0 aliphatic heterocycles. The summed E-state index contributed by atoms with van der Waals surface area (Å²) in [6.45, 7) is 33.3. The second-order valence-electron chi connectivity index (χ2n) is 29.6. The van der Waals surface area contributed by atoms with E-state index < -0.39 is 0 Å². The van der Waals surface area contributed by atoms with Crippen molar-refractivity contribution in [2.45, 2.75) is 122 Å². The maximum atomic E-state index is 2.68. The summed E-state index contributed by atoms with van der Waals surface area (Å²) in [6.07, 6.45) is 0. The van der Waals surface area contributed by atoms with Gasteiger partial charge in [-0.1, -0.05) is 263 Å². The van der Waals surface area contributed by atoms with Crippen LogP contribution in [-0.2, 0) is 25.1 Å². The Morgan fingerprint density at radius 3 is 1.07 bits per heavy atom. The predicted molar refractivity (Wildman–Crippen MR) is 378 cm³/mol. The number of benzene rings is 13. The topological polar surface area (TPSA) is 0 Å². The summed E-state index contributed by atoms with van der Waals surface area (Å²) in [5, 5.41) is 26.8. The number of hydrogen-bond acceptors (Lipinski definition) is 0. The van der Waals surface area contributed by atoms with Crippen LogP contribution in [0.4, 0.5) is 0 Å². The smallest absolute Gasteiger partial charge is 0.0414 e. The maximum Gasteiger partial charge on any atom is 0.0414 e. The van der Waals surface area contributed by atoms with Crippen LogP contribution in [-0.4, -0.2) is 0 Å². The maximum absolute atomic E-state index is 2.68. The second-order valence-corrected chi connectivity index (χ2v) is 32.3. The first-order valence-electron chi connectivity index (χ1n) is 30.5. The van der Waals surface area contributed by atoms with Gasteiger partial charge in [0.2, 0.25) is 0 Å². The minimum atomic E-state index is -0.119. The standard InChI is InChI=1S/C83H71I/c1-79(2,3)46-36-44(37-47(40-46)80(4,5)6)70-68-43-66-62-27-26-52(53-22-17-18-25-69(53)82(10,11)12)54-23-19-24-55(72(54)62)65(66)42-67(68)71(45-38-48(81(7,8)9)41-49(39-45)83(13,14)84)78-64-35-33-61-59-31-29-57-51-21-16-15-20-50(51)56-28-30-58(74(59)73(56)57)60-32-34-63(77(70)78)76(64)75(60)61/h15-43H,1-14H3. The van der Waals surface area contributed by atoms with Gasteiger partial charge in [-0.25, -0.2) is 0 Å². The van der Waals surface area contributed by atoms with Gasteiger partial charge in [0.15, 0.2) is 0 Å².